The van der Waals surface area contributed by atoms with Gasteiger partial charge in [-0.3, -0.25) is 4.79 Å². The lowest BCUT2D eigenvalue weighted by Crippen LogP contribution is -2.21. The van der Waals surface area contributed by atoms with Crippen LogP contribution in [0.2, 0.25) is 5.02 Å². The lowest BCUT2D eigenvalue weighted by molar-refractivity contribution is -0.118. The number of para-hydroxylation sites is 1. The maximum atomic E-state index is 12.1. The predicted octanol–water partition coefficient (Wildman–Crippen LogP) is 3.84. The lowest BCUT2D eigenvalue weighted by atomic mass is 10.1. The number of amides is 1. The molecule has 0 aliphatic rings. The van der Waals surface area contributed by atoms with Gasteiger partial charge in [-0.2, -0.15) is 0 Å². The minimum atomic E-state index is -0.418. The van der Waals surface area contributed by atoms with Gasteiger partial charge in [-0.1, -0.05) is 29.8 Å². The van der Waals surface area contributed by atoms with Crippen LogP contribution in [0.5, 0.6) is 5.75 Å². The van der Waals surface area contributed by atoms with Crippen LogP contribution in [0.25, 0.3) is 0 Å². The van der Waals surface area contributed by atoms with E-state index in [4.69, 9.17) is 21.1 Å². The molecule has 2 aromatic carbocycles. The highest BCUT2D eigenvalue weighted by Crippen LogP contribution is 2.23. The van der Waals surface area contributed by atoms with E-state index in [1.807, 2.05) is 0 Å². The summed E-state index contributed by atoms with van der Waals surface area (Å²) in [7, 11) is 0. The molecule has 2 aromatic rings. The van der Waals surface area contributed by atoms with Crippen molar-refractivity contribution < 1.29 is 19.1 Å². The van der Waals surface area contributed by atoms with E-state index < -0.39 is 5.97 Å². The highest BCUT2D eigenvalue weighted by molar-refractivity contribution is 6.32. The lowest BCUT2D eigenvalue weighted by Gasteiger charge is -2.12. The molecule has 0 unspecified atom stereocenters. The van der Waals surface area contributed by atoms with Crippen molar-refractivity contribution in [1.82, 2.24) is 0 Å². The van der Waals surface area contributed by atoms with Crippen LogP contribution in [-0.4, -0.2) is 25.1 Å². The quantitative estimate of drug-likeness (QED) is 0.806. The maximum absolute atomic E-state index is 12.1. The van der Waals surface area contributed by atoms with Gasteiger partial charge in [0, 0.05) is 5.69 Å². The zero-order chi connectivity index (χ0) is 17.5. The van der Waals surface area contributed by atoms with E-state index in [0.29, 0.717) is 34.2 Å². The van der Waals surface area contributed by atoms with Crippen molar-refractivity contribution in [3.63, 3.8) is 0 Å². The Labute approximate surface area is 145 Å². The zero-order valence-corrected chi connectivity index (χ0v) is 14.2. The Balaban J connectivity index is 2.03. The largest absolute Gasteiger partial charge is 0.482 e. The molecule has 1 N–H and O–H groups in total. The topological polar surface area (TPSA) is 64.6 Å². The van der Waals surface area contributed by atoms with Crippen LogP contribution in [0, 0.1) is 6.92 Å². The van der Waals surface area contributed by atoms with E-state index in [1.54, 1.807) is 56.3 Å². The Hall–Kier alpha value is -2.53. The van der Waals surface area contributed by atoms with Gasteiger partial charge in [-0.15, -0.1) is 0 Å². The highest BCUT2D eigenvalue weighted by Gasteiger charge is 2.14. The van der Waals surface area contributed by atoms with Gasteiger partial charge in [-0.05, 0) is 43.7 Å². The van der Waals surface area contributed by atoms with E-state index in [2.05, 4.69) is 5.32 Å². The molecule has 0 fully saturated rings. The van der Waals surface area contributed by atoms with Crippen molar-refractivity contribution in [3.05, 3.63) is 58.6 Å². The highest BCUT2D eigenvalue weighted by atomic mass is 35.5. The number of esters is 1. The second-order valence-corrected chi connectivity index (χ2v) is 5.37. The van der Waals surface area contributed by atoms with Gasteiger partial charge in [0.25, 0.3) is 5.91 Å². The Bertz CT molecular complexity index is 746. The Kier molecular flexibility index (Phi) is 6.21. The number of ether oxygens (including phenoxy) is 2. The van der Waals surface area contributed by atoms with Crippen LogP contribution in [0.3, 0.4) is 0 Å². The summed E-state index contributed by atoms with van der Waals surface area (Å²) in [6.45, 7) is 3.59. The molecule has 0 atom stereocenters. The van der Waals surface area contributed by atoms with Crippen molar-refractivity contribution in [3.8, 4) is 5.75 Å². The summed E-state index contributed by atoms with van der Waals surface area (Å²) in [6.07, 6.45) is 0. The summed E-state index contributed by atoms with van der Waals surface area (Å²) >= 11 is 5.97. The molecule has 0 radical (unpaired) electrons. The molecular weight excluding hydrogens is 330 g/mol. The average Bonchev–Trinajstić information content (AvgIpc) is 2.56. The van der Waals surface area contributed by atoms with Gasteiger partial charge in [0.15, 0.2) is 6.61 Å². The molecule has 0 spiro atoms. The van der Waals surface area contributed by atoms with Crippen LogP contribution in [-0.2, 0) is 9.53 Å². The summed E-state index contributed by atoms with van der Waals surface area (Å²) in [6, 6.07) is 12.0. The van der Waals surface area contributed by atoms with E-state index in [0.717, 1.165) is 0 Å². The van der Waals surface area contributed by atoms with Crippen LogP contribution in [0.1, 0.15) is 22.8 Å². The van der Waals surface area contributed by atoms with E-state index in [-0.39, 0.29) is 12.5 Å². The average molecular weight is 348 g/mol. The molecule has 0 heterocycles. The summed E-state index contributed by atoms with van der Waals surface area (Å²) in [5.74, 6) is -0.330. The number of halogens is 1. The van der Waals surface area contributed by atoms with Crippen molar-refractivity contribution in [2.75, 3.05) is 18.5 Å². The van der Waals surface area contributed by atoms with Gasteiger partial charge in [0.1, 0.15) is 5.75 Å². The summed E-state index contributed by atoms with van der Waals surface area (Å²) in [5, 5.41) is 3.16. The fourth-order valence-electron chi connectivity index (χ4n) is 2.09. The van der Waals surface area contributed by atoms with E-state index >= 15 is 0 Å². The molecule has 0 saturated carbocycles. The van der Waals surface area contributed by atoms with Crippen LogP contribution in [0.15, 0.2) is 42.5 Å². The third-order valence-electron chi connectivity index (χ3n) is 3.30. The molecule has 0 aliphatic heterocycles. The third-order valence-corrected chi connectivity index (χ3v) is 3.61. The summed E-state index contributed by atoms with van der Waals surface area (Å²) in [4.78, 5) is 23.9. The molecule has 5 nitrogen and oxygen atoms in total. The second kappa shape index (κ2) is 8.36. The van der Waals surface area contributed by atoms with Gasteiger partial charge >= 0.3 is 5.97 Å². The van der Waals surface area contributed by atoms with E-state index in [1.165, 1.54) is 0 Å². The van der Waals surface area contributed by atoms with Crippen LogP contribution >= 0.6 is 11.6 Å². The number of carbonyl (C=O) groups excluding carboxylic acids is 2. The van der Waals surface area contributed by atoms with Crippen LogP contribution in [0.4, 0.5) is 5.69 Å². The first-order valence-corrected chi connectivity index (χ1v) is 7.84. The number of hydrogen-bond acceptors (Lipinski definition) is 4. The Morgan fingerprint density at radius 3 is 2.58 bits per heavy atom. The van der Waals surface area contributed by atoms with Crippen molar-refractivity contribution in [2.24, 2.45) is 0 Å². The van der Waals surface area contributed by atoms with E-state index in [9.17, 15) is 9.59 Å². The first-order chi connectivity index (χ1) is 11.5. The first-order valence-electron chi connectivity index (χ1n) is 7.46. The number of anilines is 1. The van der Waals surface area contributed by atoms with Gasteiger partial charge in [-0.25, -0.2) is 4.79 Å². The molecule has 1 amide bonds. The summed E-state index contributed by atoms with van der Waals surface area (Å²) < 4.78 is 10.4. The molecule has 0 aliphatic carbocycles. The van der Waals surface area contributed by atoms with Crippen molar-refractivity contribution >= 4 is 29.2 Å². The number of hydrogen-bond donors (Lipinski definition) is 1. The predicted molar refractivity (Wildman–Crippen MR) is 92.7 cm³/mol. The summed E-state index contributed by atoms with van der Waals surface area (Å²) in [5.41, 5.74) is 1.59. The molecule has 2 rings (SSSR count). The standard InChI is InChI=1S/C18H18ClNO4/c1-3-23-18(22)13-7-6-9-15(12(13)2)20-17(21)11-24-16-10-5-4-8-14(16)19/h4-10H,3,11H2,1-2H3,(H,20,21). The molecule has 6 heteroatoms. The normalized spacial score (nSPS) is 10.1. The van der Waals surface area contributed by atoms with Crippen molar-refractivity contribution in [1.29, 1.82) is 0 Å². The fraction of sp³-hybridized carbons (Fsp3) is 0.222. The maximum Gasteiger partial charge on any atom is 0.338 e. The monoisotopic (exact) mass is 347 g/mol. The molecular formula is C18H18ClNO4. The van der Waals surface area contributed by atoms with Gasteiger partial charge in [0.2, 0.25) is 0 Å². The number of carbonyl (C=O) groups is 2. The third kappa shape index (κ3) is 4.49. The number of benzene rings is 2. The smallest absolute Gasteiger partial charge is 0.338 e. The first kappa shape index (κ1) is 17.8. The van der Waals surface area contributed by atoms with Crippen molar-refractivity contribution in [2.45, 2.75) is 13.8 Å². The molecule has 0 aromatic heterocycles. The minimum Gasteiger partial charge on any atom is -0.482 e. The number of rotatable bonds is 6. The number of nitrogens with one attached hydrogen (secondary N) is 1. The van der Waals surface area contributed by atoms with Gasteiger partial charge < -0.3 is 14.8 Å². The zero-order valence-electron chi connectivity index (χ0n) is 13.5. The molecule has 24 heavy (non-hydrogen) atoms. The van der Waals surface area contributed by atoms with Crippen LogP contribution < -0.4 is 10.1 Å². The minimum absolute atomic E-state index is 0.188. The second-order valence-electron chi connectivity index (χ2n) is 4.97. The fourth-order valence-corrected chi connectivity index (χ4v) is 2.28. The molecule has 0 bridgehead atoms. The molecule has 0 saturated heterocycles. The SMILES string of the molecule is CCOC(=O)c1cccc(NC(=O)COc2ccccc2Cl)c1C. The Morgan fingerprint density at radius 2 is 1.88 bits per heavy atom. The Morgan fingerprint density at radius 1 is 1.12 bits per heavy atom. The molecule has 126 valence electrons. The van der Waals surface area contributed by atoms with Gasteiger partial charge in [0.05, 0.1) is 17.2 Å².